The van der Waals surface area contributed by atoms with Gasteiger partial charge in [-0.05, 0) is 12.1 Å². The molecule has 0 saturated heterocycles. The summed E-state index contributed by atoms with van der Waals surface area (Å²) in [6.45, 7) is -0.0633. The van der Waals surface area contributed by atoms with Gasteiger partial charge in [0.2, 0.25) is 0 Å². The number of ether oxygens (including phenoxy) is 2. The maximum atomic E-state index is 13.6. The highest BCUT2D eigenvalue weighted by Crippen LogP contribution is 2.28. The molecule has 0 aliphatic carbocycles. The summed E-state index contributed by atoms with van der Waals surface area (Å²) in [5.41, 5.74) is 0.245. The molecule has 2 N–H and O–H groups in total. The molecule has 78 valence electrons. The first-order valence-electron chi connectivity index (χ1n) is 3.95. The Morgan fingerprint density at radius 3 is 2.29 bits per heavy atom. The van der Waals surface area contributed by atoms with Crippen LogP contribution in [0.4, 0.5) is 4.39 Å². The van der Waals surface area contributed by atoms with Gasteiger partial charge in [0.1, 0.15) is 5.75 Å². The fraction of sp³-hybridized carbons (Fsp3) is 0.333. The number of hydrogen-bond acceptors (Lipinski definition) is 4. The Hall–Kier alpha value is -1.33. The highest BCUT2D eigenvalue weighted by atomic mass is 19.1. The molecular weight excluding hydrogens is 189 g/mol. The van der Waals surface area contributed by atoms with E-state index in [0.29, 0.717) is 5.75 Å². The van der Waals surface area contributed by atoms with Crippen LogP contribution in [-0.2, 0) is 11.4 Å². The van der Waals surface area contributed by atoms with Gasteiger partial charge in [0.05, 0.1) is 26.4 Å². The largest absolute Gasteiger partial charge is 0.496 e. The third-order valence-corrected chi connectivity index (χ3v) is 1.83. The van der Waals surface area contributed by atoms with Gasteiger partial charge in [-0.2, -0.15) is 0 Å². The number of methoxy groups -OCH3 is 2. The average molecular weight is 201 g/mol. The summed E-state index contributed by atoms with van der Waals surface area (Å²) in [4.78, 5) is 4.38. The molecule has 0 fully saturated rings. The van der Waals surface area contributed by atoms with Crippen LogP contribution in [0, 0.1) is 5.82 Å². The quantitative estimate of drug-likeness (QED) is 0.744. The van der Waals surface area contributed by atoms with Crippen molar-refractivity contribution in [2.75, 3.05) is 14.2 Å². The molecule has 1 rings (SSSR count). The molecule has 0 amide bonds. The minimum absolute atomic E-state index is 0.0633. The molecule has 0 heterocycles. The molecule has 0 atom stereocenters. The average Bonchev–Trinajstić information content (AvgIpc) is 2.21. The molecule has 0 aromatic heterocycles. The molecular formula is C9H12FNO3. The molecule has 0 aliphatic rings. The Kier molecular flexibility index (Phi) is 3.67. The van der Waals surface area contributed by atoms with Crippen LogP contribution in [0.2, 0.25) is 0 Å². The summed E-state index contributed by atoms with van der Waals surface area (Å²) in [6.07, 6.45) is 0. The first-order valence-corrected chi connectivity index (χ1v) is 3.95. The van der Waals surface area contributed by atoms with Crippen molar-refractivity contribution in [3.63, 3.8) is 0 Å². The van der Waals surface area contributed by atoms with Gasteiger partial charge in [-0.3, -0.25) is 4.84 Å². The van der Waals surface area contributed by atoms with Gasteiger partial charge in [0.25, 0.3) is 0 Å². The smallest absolute Gasteiger partial charge is 0.174 e. The second-order valence-electron chi connectivity index (χ2n) is 2.57. The Labute approximate surface area is 81.3 Å². The SMILES string of the molecule is COc1ccc(OC)c(CON)c1F. The van der Waals surface area contributed by atoms with Crippen molar-refractivity contribution in [3.8, 4) is 11.5 Å². The standard InChI is InChI=1S/C9H12FNO3/c1-12-7-3-4-8(13-2)9(10)6(7)5-14-11/h3-4H,5,11H2,1-2H3. The van der Waals surface area contributed by atoms with Crippen molar-refractivity contribution in [1.29, 1.82) is 0 Å². The molecule has 0 spiro atoms. The number of rotatable bonds is 4. The molecule has 0 unspecified atom stereocenters. The number of nitrogens with two attached hydrogens (primary N) is 1. The van der Waals surface area contributed by atoms with Gasteiger partial charge in [0.15, 0.2) is 11.6 Å². The molecule has 0 radical (unpaired) electrons. The van der Waals surface area contributed by atoms with Crippen molar-refractivity contribution < 1.29 is 18.7 Å². The van der Waals surface area contributed by atoms with E-state index in [4.69, 9.17) is 15.4 Å². The zero-order valence-electron chi connectivity index (χ0n) is 8.04. The Bertz CT molecular complexity index is 317. The zero-order valence-corrected chi connectivity index (χ0v) is 8.04. The summed E-state index contributed by atoms with van der Waals surface area (Å²) in [5, 5.41) is 0. The van der Waals surface area contributed by atoms with Crippen molar-refractivity contribution in [3.05, 3.63) is 23.5 Å². The van der Waals surface area contributed by atoms with E-state index < -0.39 is 5.82 Å². The monoisotopic (exact) mass is 201 g/mol. The summed E-state index contributed by atoms with van der Waals surface area (Å²) in [5.74, 6) is 4.89. The first-order chi connectivity index (χ1) is 6.74. The highest BCUT2D eigenvalue weighted by molar-refractivity contribution is 5.41. The maximum absolute atomic E-state index is 13.6. The van der Waals surface area contributed by atoms with Gasteiger partial charge >= 0.3 is 0 Å². The van der Waals surface area contributed by atoms with Crippen molar-refractivity contribution in [1.82, 2.24) is 0 Å². The lowest BCUT2D eigenvalue weighted by molar-refractivity contribution is 0.119. The fourth-order valence-electron chi connectivity index (χ4n) is 1.15. The van der Waals surface area contributed by atoms with Gasteiger partial charge in [-0.25, -0.2) is 10.3 Å². The first kappa shape index (κ1) is 10.7. The summed E-state index contributed by atoms with van der Waals surface area (Å²) >= 11 is 0. The van der Waals surface area contributed by atoms with Crippen molar-refractivity contribution >= 4 is 0 Å². The second kappa shape index (κ2) is 4.78. The molecule has 0 aliphatic heterocycles. The molecule has 4 nitrogen and oxygen atoms in total. The minimum atomic E-state index is -0.516. The van der Waals surface area contributed by atoms with Crippen LogP contribution in [0.15, 0.2) is 12.1 Å². The van der Waals surface area contributed by atoms with E-state index in [-0.39, 0.29) is 17.9 Å². The third kappa shape index (κ3) is 1.94. The molecule has 14 heavy (non-hydrogen) atoms. The second-order valence-corrected chi connectivity index (χ2v) is 2.57. The molecule has 0 saturated carbocycles. The lowest BCUT2D eigenvalue weighted by Crippen LogP contribution is -2.04. The van der Waals surface area contributed by atoms with Gasteiger partial charge < -0.3 is 9.47 Å². The fourth-order valence-corrected chi connectivity index (χ4v) is 1.15. The number of benzene rings is 1. The Balaban J connectivity index is 3.16. The van der Waals surface area contributed by atoms with Crippen LogP contribution in [0.5, 0.6) is 11.5 Å². The van der Waals surface area contributed by atoms with Crippen molar-refractivity contribution in [2.24, 2.45) is 5.90 Å². The summed E-state index contributed by atoms with van der Waals surface area (Å²) in [7, 11) is 2.83. The minimum Gasteiger partial charge on any atom is -0.496 e. The molecule has 1 aromatic carbocycles. The normalized spacial score (nSPS) is 10.0. The third-order valence-electron chi connectivity index (χ3n) is 1.83. The van der Waals surface area contributed by atoms with Gasteiger partial charge in [-0.15, -0.1) is 0 Å². The van der Waals surface area contributed by atoms with E-state index in [2.05, 4.69) is 4.84 Å². The van der Waals surface area contributed by atoms with Crippen LogP contribution in [0.25, 0.3) is 0 Å². The van der Waals surface area contributed by atoms with Crippen LogP contribution >= 0.6 is 0 Å². The predicted molar refractivity (Wildman–Crippen MR) is 48.5 cm³/mol. The van der Waals surface area contributed by atoms with E-state index in [1.807, 2.05) is 0 Å². The van der Waals surface area contributed by atoms with E-state index in [0.717, 1.165) is 0 Å². The van der Waals surface area contributed by atoms with Gasteiger partial charge in [0, 0.05) is 0 Å². The van der Waals surface area contributed by atoms with Crippen LogP contribution in [0.3, 0.4) is 0 Å². The summed E-state index contributed by atoms with van der Waals surface area (Å²) in [6, 6.07) is 3.07. The Morgan fingerprint density at radius 2 is 1.79 bits per heavy atom. The van der Waals surface area contributed by atoms with Crippen molar-refractivity contribution in [2.45, 2.75) is 6.61 Å². The number of halogens is 1. The topological polar surface area (TPSA) is 53.7 Å². The predicted octanol–water partition coefficient (Wildman–Crippen LogP) is 1.23. The highest BCUT2D eigenvalue weighted by Gasteiger charge is 2.14. The van der Waals surface area contributed by atoms with Crippen LogP contribution in [-0.4, -0.2) is 14.2 Å². The molecule has 1 aromatic rings. The summed E-state index contributed by atoms with van der Waals surface area (Å²) < 4.78 is 23.3. The molecule has 0 bridgehead atoms. The zero-order chi connectivity index (χ0) is 10.6. The van der Waals surface area contributed by atoms with Gasteiger partial charge in [-0.1, -0.05) is 0 Å². The van der Waals surface area contributed by atoms with E-state index in [1.165, 1.54) is 20.3 Å². The van der Waals surface area contributed by atoms with E-state index in [1.54, 1.807) is 6.07 Å². The Morgan fingerprint density at radius 1 is 1.21 bits per heavy atom. The lowest BCUT2D eigenvalue weighted by Gasteiger charge is -2.10. The van der Waals surface area contributed by atoms with E-state index >= 15 is 0 Å². The maximum Gasteiger partial charge on any atom is 0.174 e. The van der Waals surface area contributed by atoms with Crippen LogP contribution < -0.4 is 15.4 Å². The molecule has 5 heteroatoms. The van der Waals surface area contributed by atoms with E-state index in [9.17, 15) is 4.39 Å². The lowest BCUT2D eigenvalue weighted by atomic mass is 10.2. The number of hydrogen-bond donors (Lipinski definition) is 1. The van der Waals surface area contributed by atoms with Crippen LogP contribution in [0.1, 0.15) is 5.56 Å².